The molecule has 0 atom stereocenters. The van der Waals surface area contributed by atoms with Gasteiger partial charge in [0.2, 0.25) is 0 Å². The molecule has 2 aromatic rings. The van der Waals surface area contributed by atoms with Crippen LogP contribution in [0.25, 0.3) is 11.0 Å². The molecule has 0 fully saturated rings. The zero-order valence-corrected chi connectivity index (χ0v) is 10.9. The smallest absolute Gasteiger partial charge is 0.872 e. The van der Waals surface area contributed by atoms with Crippen molar-refractivity contribution in [1.29, 1.82) is 0 Å². The summed E-state index contributed by atoms with van der Waals surface area (Å²) in [6, 6.07) is 5.05. The Hall–Kier alpha value is -0.440. The van der Waals surface area contributed by atoms with Crippen molar-refractivity contribution < 1.29 is 39.1 Å². The van der Waals surface area contributed by atoms with Crippen LogP contribution in [0.5, 0.6) is 5.75 Å². The normalized spacial score (nSPS) is 14.7. The summed E-state index contributed by atoms with van der Waals surface area (Å²) in [7, 11) is 0. The summed E-state index contributed by atoms with van der Waals surface area (Å²) in [6.07, 6.45) is 4.51. The van der Waals surface area contributed by atoms with Crippen LogP contribution in [-0.2, 0) is 12.8 Å². The number of furan rings is 1. The van der Waals surface area contributed by atoms with Gasteiger partial charge in [-0.05, 0) is 25.3 Å². The van der Waals surface area contributed by atoms with Crippen molar-refractivity contribution in [2.75, 3.05) is 0 Å². The van der Waals surface area contributed by atoms with Crippen LogP contribution in [0.3, 0.4) is 0 Å². The molecule has 3 heteroatoms. The molecule has 2 nitrogen and oxygen atoms in total. The van der Waals surface area contributed by atoms with Gasteiger partial charge in [-0.25, -0.2) is 0 Å². The fraction of sp³-hybridized carbons (Fsp3) is 0.333. The Morgan fingerprint density at radius 2 is 1.93 bits per heavy atom. The van der Waals surface area contributed by atoms with Crippen molar-refractivity contribution in [3.8, 4) is 5.75 Å². The molecule has 0 saturated heterocycles. The number of rotatable bonds is 0. The Bertz CT molecular complexity index is 488. The SMILES string of the molecule is [Na+].[O-]c1ccc2oc3c(c2c1)CCCC3. The Balaban J connectivity index is 0.000000853. The summed E-state index contributed by atoms with van der Waals surface area (Å²) < 4.78 is 5.71. The number of hydrogen-bond donors (Lipinski definition) is 0. The van der Waals surface area contributed by atoms with Crippen LogP contribution < -0.4 is 34.7 Å². The number of hydrogen-bond acceptors (Lipinski definition) is 2. The number of benzene rings is 1. The third-order valence-electron chi connectivity index (χ3n) is 2.93. The van der Waals surface area contributed by atoms with Gasteiger partial charge in [-0.2, -0.15) is 0 Å². The molecule has 1 aromatic heterocycles. The molecule has 1 heterocycles. The van der Waals surface area contributed by atoms with E-state index in [1.165, 1.54) is 18.4 Å². The van der Waals surface area contributed by atoms with Crippen LogP contribution in [0.4, 0.5) is 0 Å². The first kappa shape index (κ1) is 11.1. The summed E-state index contributed by atoms with van der Waals surface area (Å²) in [4.78, 5) is 0. The van der Waals surface area contributed by atoms with Crippen molar-refractivity contribution in [2.24, 2.45) is 0 Å². The minimum Gasteiger partial charge on any atom is -0.872 e. The molecule has 0 aliphatic heterocycles. The standard InChI is InChI=1S/C12H12O2.Na/c13-8-5-6-12-10(7-8)9-3-1-2-4-11(9)14-12;/h5-7,13H,1-4H2;/q;+1/p-1. The molecule has 0 saturated carbocycles. The molecule has 1 aromatic carbocycles. The van der Waals surface area contributed by atoms with Crippen LogP contribution in [0, 0.1) is 0 Å². The van der Waals surface area contributed by atoms with Gasteiger partial charge in [-0.15, -0.1) is 5.75 Å². The van der Waals surface area contributed by atoms with E-state index in [9.17, 15) is 5.11 Å². The summed E-state index contributed by atoms with van der Waals surface area (Å²) in [5.41, 5.74) is 2.14. The molecule has 3 rings (SSSR count). The summed E-state index contributed by atoms with van der Waals surface area (Å²) in [6.45, 7) is 0. The molecule has 1 aliphatic rings. The molecule has 15 heavy (non-hydrogen) atoms. The van der Waals surface area contributed by atoms with Gasteiger partial charge < -0.3 is 9.52 Å². The maximum atomic E-state index is 11.2. The minimum absolute atomic E-state index is 0. The maximum Gasteiger partial charge on any atom is 1.00 e. The van der Waals surface area contributed by atoms with E-state index in [1.54, 1.807) is 18.2 Å². The first-order valence-corrected chi connectivity index (χ1v) is 5.06. The zero-order valence-electron chi connectivity index (χ0n) is 8.88. The van der Waals surface area contributed by atoms with Gasteiger partial charge in [0.05, 0.1) is 0 Å². The van der Waals surface area contributed by atoms with Gasteiger partial charge in [-0.3, -0.25) is 0 Å². The Labute approximate surface area is 111 Å². The molecule has 0 bridgehead atoms. The van der Waals surface area contributed by atoms with Gasteiger partial charge in [0.1, 0.15) is 11.3 Å². The van der Waals surface area contributed by atoms with Gasteiger partial charge in [-0.1, -0.05) is 12.1 Å². The average molecular weight is 210 g/mol. The van der Waals surface area contributed by atoms with Crippen LogP contribution in [-0.4, -0.2) is 0 Å². The van der Waals surface area contributed by atoms with E-state index < -0.39 is 0 Å². The summed E-state index contributed by atoms with van der Waals surface area (Å²) >= 11 is 0. The van der Waals surface area contributed by atoms with Crippen molar-refractivity contribution >= 4 is 11.0 Å². The topological polar surface area (TPSA) is 36.2 Å². The average Bonchev–Trinajstić information content (AvgIpc) is 2.56. The molecule has 72 valence electrons. The van der Waals surface area contributed by atoms with Crippen molar-refractivity contribution in [3.63, 3.8) is 0 Å². The van der Waals surface area contributed by atoms with E-state index in [-0.39, 0.29) is 35.3 Å². The van der Waals surface area contributed by atoms with Crippen LogP contribution in [0.1, 0.15) is 24.2 Å². The maximum absolute atomic E-state index is 11.2. The second-order valence-electron chi connectivity index (χ2n) is 3.87. The van der Waals surface area contributed by atoms with Crippen molar-refractivity contribution in [1.82, 2.24) is 0 Å². The first-order chi connectivity index (χ1) is 6.84. The van der Waals surface area contributed by atoms with E-state index in [0.717, 1.165) is 29.6 Å². The molecule has 0 spiro atoms. The Morgan fingerprint density at radius 1 is 1.13 bits per heavy atom. The van der Waals surface area contributed by atoms with Gasteiger partial charge in [0.25, 0.3) is 0 Å². The van der Waals surface area contributed by atoms with Gasteiger partial charge in [0.15, 0.2) is 0 Å². The zero-order chi connectivity index (χ0) is 9.54. The molecular weight excluding hydrogens is 199 g/mol. The van der Waals surface area contributed by atoms with Crippen LogP contribution in [0.2, 0.25) is 0 Å². The van der Waals surface area contributed by atoms with Gasteiger partial charge in [0, 0.05) is 17.4 Å². The second-order valence-corrected chi connectivity index (χ2v) is 3.87. The predicted molar refractivity (Wildman–Crippen MR) is 52.3 cm³/mol. The van der Waals surface area contributed by atoms with Crippen molar-refractivity contribution in [3.05, 3.63) is 29.5 Å². The van der Waals surface area contributed by atoms with E-state index in [1.807, 2.05) is 0 Å². The number of fused-ring (bicyclic) bond motifs is 3. The molecule has 0 amide bonds. The Kier molecular flexibility index (Phi) is 3.10. The van der Waals surface area contributed by atoms with E-state index >= 15 is 0 Å². The van der Waals surface area contributed by atoms with Crippen LogP contribution >= 0.6 is 0 Å². The van der Waals surface area contributed by atoms with E-state index in [4.69, 9.17) is 4.42 Å². The Morgan fingerprint density at radius 3 is 2.80 bits per heavy atom. The predicted octanol–water partition coefficient (Wildman–Crippen LogP) is -0.611. The minimum atomic E-state index is 0. The van der Waals surface area contributed by atoms with E-state index in [2.05, 4.69) is 0 Å². The largest absolute Gasteiger partial charge is 1.00 e. The molecule has 1 aliphatic carbocycles. The third-order valence-corrected chi connectivity index (χ3v) is 2.93. The van der Waals surface area contributed by atoms with Gasteiger partial charge >= 0.3 is 29.6 Å². The fourth-order valence-electron chi connectivity index (χ4n) is 2.24. The summed E-state index contributed by atoms with van der Waals surface area (Å²) in [5.74, 6) is 1.17. The quantitative estimate of drug-likeness (QED) is 0.544. The van der Waals surface area contributed by atoms with E-state index in [0.29, 0.717) is 0 Å². The van der Waals surface area contributed by atoms with Crippen molar-refractivity contribution in [2.45, 2.75) is 25.7 Å². The third kappa shape index (κ3) is 1.82. The molecule has 0 N–H and O–H groups in total. The second kappa shape index (κ2) is 4.20. The summed E-state index contributed by atoms with van der Waals surface area (Å²) in [5, 5.41) is 12.3. The molecule has 0 unspecified atom stereocenters. The first-order valence-electron chi connectivity index (χ1n) is 5.06. The monoisotopic (exact) mass is 210 g/mol. The fourth-order valence-corrected chi connectivity index (χ4v) is 2.24. The molecule has 0 radical (unpaired) electrons. The van der Waals surface area contributed by atoms with Crippen LogP contribution in [0.15, 0.2) is 22.6 Å². The number of aryl methyl sites for hydroxylation is 2. The molecular formula is C12H11NaO2.